The van der Waals surface area contributed by atoms with Crippen molar-refractivity contribution in [2.75, 3.05) is 4.90 Å². The molecule has 0 bridgehead atoms. The van der Waals surface area contributed by atoms with Crippen molar-refractivity contribution >= 4 is 33.3 Å². The molecule has 0 saturated heterocycles. The molecule has 1 atom stereocenters. The Morgan fingerprint density at radius 3 is 2.15 bits per heavy atom. The second-order valence-corrected chi connectivity index (χ2v) is 10.9. The molecule has 0 spiro atoms. The Bertz CT molecular complexity index is 1340. The summed E-state index contributed by atoms with van der Waals surface area (Å²) in [5.74, 6) is -3.46. The highest BCUT2D eigenvalue weighted by Crippen LogP contribution is 2.39. The zero-order valence-corrected chi connectivity index (χ0v) is 19.8. The number of rotatable bonds is 5. The van der Waals surface area contributed by atoms with Crippen molar-refractivity contribution in [1.82, 2.24) is 4.98 Å². The first-order valence-electron chi connectivity index (χ1n) is 9.86. The standard InChI is InChI=1S/C23H20ClF3N2O4S/c1-23(2,3)29(22(30)31)20-11-17(19(27)12-28-20)21(16-10-14(25)6-9-18(16)26)34(32,33)15-7-4-13(24)5-8-15/h4-12,21H,1-3H3,(H,30,31). The molecule has 0 aliphatic carbocycles. The van der Waals surface area contributed by atoms with Crippen LogP contribution in [0, 0.1) is 17.5 Å². The van der Waals surface area contributed by atoms with Crippen LogP contribution in [0.15, 0.2) is 59.6 Å². The van der Waals surface area contributed by atoms with Crippen LogP contribution < -0.4 is 4.90 Å². The molecule has 1 N–H and O–H groups in total. The molecule has 34 heavy (non-hydrogen) atoms. The number of benzene rings is 2. The van der Waals surface area contributed by atoms with Gasteiger partial charge in [-0.3, -0.25) is 4.90 Å². The summed E-state index contributed by atoms with van der Waals surface area (Å²) in [7, 11) is -4.58. The molecule has 1 amide bonds. The van der Waals surface area contributed by atoms with Crippen LogP contribution in [0.5, 0.6) is 0 Å². The van der Waals surface area contributed by atoms with Gasteiger partial charge in [-0.05, 0) is 69.3 Å². The van der Waals surface area contributed by atoms with E-state index < -0.39 is 55.3 Å². The van der Waals surface area contributed by atoms with E-state index in [4.69, 9.17) is 11.6 Å². The highest BCUT2D eigenvalue weighted by Gasteiger charge is 2.37. The first-order valence-corrected chi connectivity index (χ1v) is 11.8. The van der Waals surface area contributed by atoms with Gasteiger partial charge in [0.05, 0.1) is 11.1 Å². The summed E-state index contributed by atoms with van der Waals surface area (Å²) < 4.78 is 71.2. The quantitative estimate of drug-likeness (QED) is 0.453. The summed E-state index contributed by atoms with van der Waals surface area (Å²) in [6.07, 6.45) is -0.778. The van der Waals surface area contributed by atoms with Gasteiger partial charge in [-0.15, -0.1) is 0 Å². The molecule has 180 valence electrons. The van der Waals surface area contributed by atoms with Crippen LogP contribution in [0.25, 0.3) is 0 Å². The van der Waals surface area contributed by atoms with Gasteiger partial charge in [0.1, 0.15) is 28.5 Å². The Kier molecular flexibility index (Phi) is 6.95. The van der Waals surface area contributed by atoms with Crippen LogP contribution in [0.4, 0.5) is 23.8 Å². The minimum absolute atomic E-state index is 0.229. The molecule has 0 radical (unpaired) electrons. The third kappa shape index (κ3) is 5.02. The van der Waals surface area contributed by atoms with E-state index in [1.807, 2.05) is 0 Å². The summed E-state index contributed by atoms with van der Waals surface area (Å²) in [6, 6.07) is 7.98. The Morgan fingerprint density at radius 1 is 1.00 bits per heavy atom. The molecule has 3 aromatic rings. The average Bonchev–Trinajstić information content (AvgIpc) is 2.72. The fourth-order valence-electron chi connectivity index (χ4n) is 3.47. The van der Waals surface area contributed by atoms with E-state index in [1.165, 1.54) is 12.1 Å². The predicted octanol–water partition coefficient (Wildman–Crippen LogP) is 6.00. The van der Waals surface area contributed by atoms with Gasteiger partial charge in [-0.1, -0.05) is 11.6 Å². The summed E-state index contributed by atoms with van der Waals surface area (Å²) in [6.45, 7) is 4.67. The van der Waals surface area contributed by atoms with E-state index in [0.717, 1.165) is 35.2 Å². The molecule has 1 heterocycles. The maximum Gasteiger partial charge on any atom is 0.413 e. The Hall–Kier alpha value is -3.11. The minimum Gasteiger partial charge on any atom is -0.465 e. The highest BCUT2D eigenvalue weighted by molar-refractivity contribution is 7.92. The Morgan fingerprint density at radius 2 is 1.59 bits per heavy atom. The van der Waals surface area contributed by atoms with Gasteiger partial charge in [0.25, 0.3) is 0 Å². The number of aromatic nitrogens is 1. The van der Waals surface area contributed by atoms with Gasteiger partial charge < -0.3 is 5.11 Å². The molecule has 1 aromatic heterocycles. The lowest BCUT2D eigenvalue weighted by Gasteiger charge is -2.32. The lowest BCUT2D eigenvalue weighted by atomic mass is 10.0. The topological polar surface area (TPSA) is 87.6 Å². The number of halogens is 4. The van der Waals surface area contributed by atoms with E-state index in [1.54, 1.807) is 20.8 Å². The molecule has 1 unspecified atom stereocenters. The number of anilines is 1. The summed E-state index contributed by atoms with van der Waals surface area (Å²) in [4.78, 5) is 16.2. The van der Waals surface area contributed by atoms with E-state index in [0.29, 0.717) is 12.3 Å². The van der Waals surface area contributed by atoms with Crippen molar-refractivity contribution in [1.29, 1.82) is 0 Å². The maximum absolute atomic E-state index is 15.1. The molecule has 0 aliphatic rings. The first kappa shape index (κ1) is 25.5. The highest BCUT2D eigenvalue weighted by atomic mass is 35.5. The molecule has 0 aliphatic heterocycles. The second-order valence-electron chi connectivity index (χ2n) is 8.40. The number of pyridine rings is 1. The predicted molar refractivity (Wildman–Crippen MR) is 121 cm³/mol. The van der Waals surface area contributed by atoms with Gasteiger partial charge in [-0.2, -0.15) is 0 Å². The Labute approximate surface area is 199 Å². The SMILES string of the molecule is CC(C)(C)N(C(=O)O)c1cc(C(c2cc(F)ccc2F)S(=O)(=O)c2ccc(Cl)cc2)c(F)cn1. The smallest absolute Gasteiger partial charge is 0.413 e. The molecular weight excluding hydrogens is 493 g/mol. The number of carboxylic acid groups (broad SMARTS) is 1. The van der Waals surface area contributed by atoms with Gasteiger partial charge in [-0.25, -0.2) is 31.4 Å². The van der Waals surface area contributed by atoms with E-state index in [2.05, 4.69) is 4.98 Å². The van der Waals surface area contributed by atoms with Gasteiger partial charge >= 0.3 is 6.09 Å². The number of nitrogens with zero attached hydrogens (tertiary/aromatic N) is 2. The van der Waals surface area contributed by atoms with Crippen molar-refractivity contribution in [3.05, 3.63) is 88.3 Å². The fraction of sp³-hybridized carbons (Fsp3) is 0.217. The van der Waals surface area contributed by atoms with Crippen molar-refractivity contribution < 1.29 is 31.5 Å². The number of sulfone groups is 1. The van der Waals surface area contributed by atoms with E-state index in [-0.39, 0.29) is 15.7 Å². The molecule has 11 heteroatoms. The van der Waals surface area contributed by atoms with Crippen LogP contribution in [-0.2, 0) is 9.84 Å². The average molecular weight is 513 g/mol. The van der Waals surface area contributed by atoms with Crippen LogP contribution in [0.3, 0.4) is 0 Å². The number of carbonyl (C=O) groups is 1. The van der Waals surface area contributed by atoms with Crippen LogP contribution >= 0.6 is 11.6 Å². The number of hydrogen-bond acceptors (Lipinski definition) is 4. The minimum atomic E-state index is -4.58. The molecule has 0 saturated carbocycles. The van der Waals surface area contributed by atoms with Gasteiger partial charge in [0.15, 0.2) is 9.84 Å². The zero-order valence-electron chi connectivity index (χ0n) is 18.3. The fourth-order valence-corrected chi connectivity index (χ4v) is 5.42. The first-order chi connectivity index (χ1) is 15.7. The van der Waals surface area contributed by atoms with E-state index in [9.17, 15) is 27.1 Å². The maximum atomic E-state index is 15.1. The lowest BCUT2D eigenvalue weighted by molar-refractivity contribution is 0.195. The third-order valence-corrected chi connectivity index (χ3v) is 7.25. The lowest BCUT2D eigenvalue weighted by Crippen LogP contribution is -2.45. The van der Waals surface area contributed by atoms with E-state index >= 15 is 4.39 Å². The van der Waals surface area contributed by atoms with Crippen molar-refractivity contribution in [3.63, 3.8) is 0 Å². The number of amides is 1. The van der Waals surface area contributed by atoms with Crippen molar-refractivity contribution in [3.8, 4) is 0 Å². The molecule has 6 nitrogen and oxygen atoms in total. The normalized spacial score (nSPS) is 12.9. The molecule has 2 aromatic carbocycles. The van der Waals surface area contributed by atoms with Crippen molar-refractivity contribution in [2.45, 2.75) is 36.5 Å². The van der Waals surface area contributed by atoms with Crippen LogP contribution in [0.2, 0.25) is 5.02 Å². The molecule has 0 fully saturated rings. The second kappa shape index (κ2) is 9.27. The van der Waals surface area contributed by atoms with Crippen molar-refractivity contribution in [2.24, 2.45) is 0 Å². The summed E-state index contributed by atoms with van der Waals surface area (Å²) in [5.41, 5.74) is -2.29. The molecular formula is C23H20ClF3N2O4S. The van der Waals surface area contributed by atoms with Crippen LogP contribution in [-0.4, -0.2) is 30.1 Å². The summed E-state index contributed by atoms with van der Waals surface area (Å²) >= 11 is 5.84. The third-order valence-electron chi connectivity index (χ3n) is 4.94. The van der Waals surface area contributed by atoms with Crippen LogP contribution in [0.1, 0.15) is 37.1 Å². The monoisotopic (exact) mass is 512 g/mol. The molecule has 3 rings (SSSR count). The van der Waals surface area contributed by atoms with Gasteiger partial charge in [0, 0.05) is 21.7 Å². The zero-order chi connectivity index (χ0) is 25.4. The summed E-state index contributed by atoms with van der Waals surface area (Å²) in [5, 5.41) is 7.85. The number of hydrogen-bond donors (Lipinski definition) is 1. The van der Waals surface area contributed by atoms with Gasteiger partial charge in [0.2, 0.25) is 0 Å². The largest absolute Gasteiger partial charge is 0.465 e. The Balaban J connectivity index is 2.35.